The van der Waals surface area contributed by atoms with Crippen molar-refractivity contribution >= 4 is 5.91 Å². The van der Waals surface area contributed by atoms with Crippen LogP contribution < -0.4 is 5.32 Å². The van der Waals surface area contributed by atoms with Crippen molar-refractivity contribution in [3.8, 4) is 11.5 Å². The first-order valence-corrected chi connectivity index (χ1v) is 9.06. The number of hydrogen-bond donors (Lipinski definition) is 3. The minimum Gasteiger partial charge on any atom is -0.504 e. The van der Waals surface area contributed by atoms with Gasteiger partial charge in [-0.15, -0.1) is 0 Å². The number of halogens is 17. The fraction of sp³-hybridized carbons (Fsp3) is 0.588. The third kappa shape index (κ3) is 4.71. The number of carbonyl (C=O) groups excluding carboxylic acids is 1. The molecule has 0 atom stereocenters. The summed E-state index contributed by atoms with van der Waals surface area (Å²) in [5, 5.41) is 19.0. The van der Waals surface area contributed by atoms with Gasteiger partial charge < -0.3 is 15.5 Å². The van der Waals surface area contributed by atoms with Gasteiger partial charge in [0.25, 0.3) is 5.91 Å². The smallest absolute Gasteiger partial charge is 0.460 e. The van der Waals surface area contributed by atoms with Crippen LogP contribution in [0.5, 0.6) is 11.5 Å². The van der Waals surface area contributed by atoms with Crippen molar-refractivity contribution in [3.05, 3.63) is 23.8 Å². The van der Waals surface area contributed by atoms with Crippen LogP contribution in [0.1, 0.15) is 5.56 Å². The van der Waals surface area contributed by atoms with Gasteiger partial charge in [0, 0.05) is 6.54 Å². The number of hydrogen-bond acceptors (Lipinski definition) is 3. The van der Waals surface area contributed by atoms with Gasteiger partial charge in [0.2, 0.25) is 0 Å². The van der Waals surface area contributed by atoms with E-state index in [-0.39, 0.29) is 5.56 Å². The molecule has 220 valence electrons. The van der Waals surface area contributed by atoms with Crippen molar-refractivity contribution in [1.82, 2.24) is 5.32 Å². The highest BCUT2D eigenvalue weighted by atomic mass is 19.4. The molecule has 0 radical (unpaired) electrons. The van der Waals surface area contributed by atoms with E-state index in [1.165, 1.54) is 0 Å². The first-order valence-electron chi connectivity index (χ1n) is 9.06. The van der Waals surface area contributed by atoms with Gasteiger partial charge in [-0.05, 0) is 24.1 Å². The molecule has 1 rings (SSSR count). The molecule has 0 fully saturated rings. The summed E-state index contributed by atoms with van der Waals surface area (Å²) in [6, 6.07) is 2.39. The van der Waals surface area contributed by atoms with E-state index in [2.05, 4.69) is 0 Å². The first kappa shape index (κ1) is 33.1. The highest BCUT2D eigenvalue weighted by Crippen LogP contribution is 2.63. The predicted octanol–water partition coefficient (Wildman–Crippen LogP) is 5.77. The third-order valence-electron chi connectivity index (χ3n) is 4.75. The van der Waals surface area contributed by atoms with E-state index < -0.39 is 78.0 Å². The molecule has 1 aromatic rings. The summed E-state index contributed by atoms with van der Waals surface area (Å²) in [6.45, 7) is -1.28. The van der Waals surface area contributed by atoms with Crippen molar-refractivity contribution in [1.29, 1.82) is 0 Å². The minimum atomic E-state index is -8.78. The largest absolute Gasteiger partial charge is 0.504 e. The van der Waals surface area contributed by atoms with Gasteiger partial charge in [-0.25, -0.2) is 0 Å². The molecular weight excluding hydrogens is 589 g/mol. The van der Waals surface area contributed by atoms with E-state index in [1.54, 1.807) is 0 Å². The molecule has 0 heterocycles. The van der Waals surface area contributed by atoms with Crippen LogP contribution in [-0.4, -0.2) is 70.3 Å². The molecule has 38 heavy (non-hydrogen) atoms. The van der Waals surface area contributed by atoms with Crippen LogP contribution in [0.2, 0.25) is 0 Å². The number of benzene rings is 1. The zero-order valence-electron chi connectivity index (χ0n) is 17.4. The topological polar surface area (TPSA) is 69.6 Å². The van der Waals surface area contributed by atoms with Crippen molar-refractivity contribution in [2.75, 3.05) is 6.54 Å². The average Bonchev–Trinajstić information content (AvgIpc) is 2.74. The molecule has 4 nitrogen and oxygen atoms in total. The Labute approximate surface area is 198 Å². The molecule has 1 aromatic carbocycles. The lowest BCUT2D eigenvalue weighted by Gasteiger charge is -2.42. The zero-order valence-corrected chi connectivity index (χ0v) is 17.4. The van der Waals surface area contributed by atoms with Gasteiger partial charge in [-0.1, -0.05) is 6.07 Å². The summed E-state index contributed by atoms with van der Waals surface area (Å²) in [7, 11) is 0. The van der Waals surface area contributed by atoms with Gasteiger partial charge in [-0.2, -0.15) is 74.6 Å². The Morgan fingerprint density at radius 3 is 1.39 bits per heavy atom. The van der Waals surface area contributed by atoms with Gasteiger partial charge in [0.05, 0.1) is 0 Å². The fourth-order valence-corrected chi connectivity index (χ4v) is 2.46. The van der Waals surface area contributed by atoms with Gasteiger partial charge >= 0.3 is 47.6 Å². The van der Waals surface area contributed by atoms with E-state index in [4.69, 9.17) is 5.11 Å². The zero-order chi connectivity index (χ0) is 30.6. The Bertz CT molecular complexity index is 1040. The maximum Gasteiger partial charge on any atom is 0.460 e. The van der Waals surface area contributed by atoms with Gasteiger partial charge in [0.15, 0.2) is 11.5 Å². The number of carbonyl (C=O) groups is 1. The number of alkyl halides is 17. The summed E-state index contributed by atoms with van der Waals surface area (Å²) in [5.41, 5.74) is -0.181. The minimum absolute atomic E-state index is 0.181. The maximum absolute atomic E-state index is 13.8. The highest BCUT2D eigenvalue weighted by molar-refractivity contribution is 5.84. The summed E-state index contributed by atoms with van der Waals surface area (Å²) in [6.07, 6.45) is -8.60. The Morgan fingerprint density at radius 1 is 0.605 bits per heavy atom. The molecule has 3 N–H and O–H groups in total. The van der Waals surface area contributed by atoms with Crippen molar-refractivity contribution in [3.63, 3.8) is 0 Å². The molecule has 0 aromatic heterocycles. The summed E-state index contributed by atoms with van der Waals surface area (Å²) >= 11 is 0. The lowest BCUT2D eigenvalue weighted by atomic mass is 9.89. The normalized spacial score (nSPS) is 15.0. The number of aromatic hydroxyl groups is 2. The predicted molar refractivity (Wildman–Crippen MR) is 87.2 cm³/mol. The van der Waals surface area contributed by atoms with E-state index >= 15 is 0 Å². The molecule has 0 bridgehead atoms. The molecule has 0 spiro atoms. The highest BCUT2D eigenvalue weighted by Gasteiger charge is 2.95. The Hall–Kier alpha value is -2.90. The molecular formula is C17H10F17NO3. The second kappa shape index (κ2) is 9.38. The maximum atomic E-state index is 13.8. The standard InChI is InChI=1S/C17H10F17NO3/c18-10(19,9(38)35-4-3-6-1-2-7(36)8(37)5-6)11(20,21)12(22,23)13(24,25)14(26,27)15(28,29)16(30,31)17(32,33)34/h1-2,5,36-37H,3-4H2,(H,35,38). The van der Waals surface area contributed by atoms with Crippen LogP contribution >= 0.6 is 0 Å². The van der Waals surface area contributed by atoms with E-state index in [0.717, 1.165) is 17.4 Å². The number of phenols is 2. The monoisotopic (exact) mass is 599 g/mol. The van der Waals surface area contributed by atoms with Gasteiger partial charge in [-0.3, -0.25) is 4.79 Å². The third-order valence-corrected chi connectivity index (χ3v) is 4.75. The second-order valence-corrected chi connectivity index (χ2v) is 7.35. The summed E-state index contributed by atoms with van der Waals surface area (Å²) in [5.74, 6) is -63.5. The summed E-state index contributed by atoms with van der Waals surface area (Å²) in [4.78, 5) is 11.3. The first-order chi connectivity index (χ1) is 16.6. The van der Waals surface area contributed by atoms with Crippen molar-refractivity contribution in [2.24, 2.45) is 0 Å². The molecule has 1 amide bonds. The summed E-state index contributed by atoms with van der Waals surface area (Å²) < 4.78 is 224. The van der Waals surface area contributed by atoms with E-state index in [0.29, 0.717) is 6.07 Å². The van der Waals surface area contributed by atoms with E-state index in [1.807, 2.05) is 0 Å². The van der Waals surface area contributed by atoms with E-state index in [9.17, 15) is 84.5 Å². The SMILES string of the molecule is O=C(NCCc1ccc(O)c(O)c1)C(F)(F)C(F)(F)C(F)(F)C(F)(F)C(F)(F)C(F)(F)C(F)(F)C(F)(F)F. The van der Waals surface area contributed by atoms with Crippen LogP contribution in [0.25, 0.3) is 0 Å². The quantitative estimate of drug-likeness (QED) is 0.237. The molecule has 21 heteroatoms. The van der Waals surface area contributed by atoms with Crippen LogP contribution in [0.4, 0.5) is 74.6 Å². The Kier molecular flexibility index (Phi) is 8.18. The molecule has 0 aliphatic carbocycles. The number of amides is 1. The van der Waals surface area contributed by atoms with Crippen molar-refractivity contribution < 1.29 is 89.6 Å². The molecule has 0 saturated carbocycles. The van der Waals surface area contributed by atoms with Crippen LogP contribution in [0.3, 0.4) is 0 Å². The fourth-order valence-electron chi connectivity index (χ4n) is 2.46. The molecule has 0 unspecified atom stereocenters. The van der Waals surface area contributed by atoms with Crippen molar-refractivity contribution in [2.45, 2.75) is 54.1 Å². The molecule has 0 aliphatic heterocycles. The van der Waals surface area contributed by atoms with Gasteiger partial charge in [0.1, 0.15) is 0 Å². The average molecular weight is 599 g/mol. The number of rotatable bonds is 10. The molecule has 0 aliphatic rings. The van der Waals surface area contributed by atoms with Crippen LogP contribution in [0.15, 0.2) is 18.2 Å². The lowest BCUT2D eigenvalue weighted by Crippen LogP contribution is -2.75. The van der Waals surface area contributed by atoms with Crippen LogP contribution in [0, 0.1) is 0 Å². The lowest BCUT2D eigenvalue weighted by molar-refractivity contribution is -0.459. The molecule has 0 saturated heterocycles. The number of nitrogens with one attached hydrogen (secondary N) is 1. The Balaban J connectivity index is 3.34. The second-order valence-electron chi connectivity index (χ2n) is 7.35. The van der Waals surface area contributed by atoms with Crippen LogP contribution in [-0.2, 0) is 11.2 Å². The number of phenolic OH excluding ortho intramolecular Hbond substituents is 2. The Morgan fingerprint density at radius 2 is 1.00 bits per heavy atom.